The highest BCUT2D eigenvalue weighted by molar-refractivity contribution is 6.30. The van der Waals surface area contributed by atoms with E-state index in [-0.39, 0.29) is 11.9 Å². The zero-order valence-corrected chi connectivity index (χ0v) is 14.1. The number of benzene rings is 2. The van der Waals surface area contributed by atoms with E-state index < -0.39 is 0 Å². The first-order chi connectivity index (χ1) is 11.6. The molecule has 0 aliphatic heterocycles. The first-order valence-electron chi connectivity index (χ1n) is 7.76. The number of carbonyl (C=O) groups is 1. The van der Waals surface area contributed by atoms with E-state index in [1.54, 1.807) is 12.1 Å². The molecular formula is C20H18ClN2O+. The maximum Gasteiger partial charge on any atom is 0.293 e. The van der Waals surface area contributed by atoms with Crippen molar-refractivity contribution in [3.8, 4) is 11.1 Å². The molecule has 24 heavy (non-hydrogen) atoms. The molecular weight excluding hydrogens is 320 g/mol. The molecule has 1 aromatic heterocycles. The maximum absolute atomic E-state index is 12.5. The van der Waals surface area contributed by atoms with Crippen molar-refractivity contribution in [2.45, 2.75) is 13.0 Å². The number of rotatable bonds is 4. The Kier molecular flexibility index (Phi) is 4.92. The summed E-state index contributed by atoms with van der Waals surface area (Å²) in [4.78, 5) is 12.5. The minimum atomic E-state index is -0.340. The van der Waals surface area contributed by atoms with E-state index in [9.17, 15) is 4.79 Å². The fourth-order valence-electron chi connectivity index (χ4n) is 2.48. The van der Waals surface area contributed by atoms with Gasteiger partial charge >= 0.3 is 0 Å². The van der Waals surface area contributed by atoms with Crippen LogP contribution in [0.1, 0.15) is 13.0 Å². The van der Waals surface area contributed by atoms with Gasteiger partial charge in [-0.15, -0.1) is 0 Å². The highest BCUT2D eigenvalue weighted by Gasteiger charge is 2.22. The number of hydrogen-bond acceptors (Lipinski definition) is 1. The summed E-state index contributed by atoms with van der Waals surface area (Å²) in [6.45, 7) is 1.87. The lowest BCUT2D eigenvalue weighted by Gasteiger charge is -2.10. The van der Waals surface area contributed by atoms with Gasteiger partial charge in [-0.3, -0.25) is 4.79 Å². The molecule has 0 bridgehead atoms. The van der Waals surface area contributed by atoms with Crippen LogP contribution in [-0.4, -0.2) is 5.91 Å². The summed E-state index contributed by atoms with van der Waals surface area (Å²) in [6.07, 6.45) is 3.88. The van der Waals surface area contributed by atoms with Crippen LogP contribution in [0.4, 0.5) is 5.69 Å². The molecule has 120 valence electrons. The summed E-state index contributed by atoms with van der Waals surface area (Å²) in [6, 6.07) is 20.9. The lowest BCUT2D eigenvalue weighted by atomic mass is 10.1. The molecule has 0 aliphatic carbocycles. The number of halogens is 1. The predicted molar refractivity (Wildman–Crippen MR) is 96.9 cm³/mol. The Bertz CT molecular complexity index is 849. The second kappa shape index (κ2) is 7.28. The summed E-state index contributed by atoms with van der Waals surface area (Å²) >= 11 is 5.96. The molecule has 0 aliphatic rings. The second-order valence-electron chi connectivity index (χ2n) is 5.58. The van der Waals surface area contributed by atoms with Crippen molar-refractivity contribution < 1.29 is 9.36 Å². The first kappa shape index (κ1) is 16.2. The normalized spacial score (nSPS) is 11.8. The van der Waals surface area contributed by atoms with Gasteiger partial charge in [-0.2, -0.15) is 4.57 Å². The Labute approximate surface area is 146 Å². The molecule has 2 aromatic carbocycles. The predicted octanol–water partition coefficient (Wildman–Crippen LogP) is 4.49. The third-order valence-electron chi connectivity index (χ3n) is 3.85. The molecule has 0 radical (unpaired) electrons. The monoisotopic (exact) mass is 337 g/mol. The number of aromatic nitrogens is 1. The quantitative estimate of drug-likeness (QED) is 0.699. The van der Waals surface area contributed by atoms with E-state index >= 15 is 0 Å². The topological polar surface area (TPSA) is 33.0 Å². The van der Waals surface area contributed by atoms with Crippen molar-refractivity contribution in [3.05, 3.63) is 84.1 Å². The number of anilines is 1. The van der Waals surface area contributed by atoms with E-state index in [4.69, 9.17) is 11.6 Å². The van der Waals surface area contributed by atoms with Crippen LogP contribution in [0.25, 0.3) is 11.1 Å². The van der Waals surface area contributed by atoms with Crippen molar-refractivity contribution >= 4 is 23.2 Å². The number of carbonyl (C=O) groups excluding carboxylic acids is 1. The molecule has 0 saturated heterocycles. The average molecular weight is 338 g/mol. The van der Waals surface area contributed by atoms with Gasteiger partial charge in [-0.05, 0) is 29.8 Å². The van der Waals surface area contributed by atoms with Crippen LogP contribution in [0.5, 0.6) is 0 Å². The van der Waals surface area contributed by atoms with Crippen molar-refractivity contribution in [1.29, 1.82) is 0 Å². The van der Waals surface area contributed by atoms with Gasteiger partial charge in [0.1, 0.15) is 0 Å². The van der Waals surface area contributed by atoms with E-state index in [0.29, 0.717) is 10.7 Å². The Balaban J connectivity index is 1.79. The van der Waals surface area contributed by atoms with Crippen LogP contribution in [0, 0.1) is 0 Å². The molecule has 3 aromatic rings. The third-order valence-corrected chi connectivity index (χ3v) is 4.08. The van der Waals surface area contributed by atoms with Crippen molar-refractivity contribution in [2.75, 3.05) is 5.32 Å². The number of pyridine rings is 1. The van der Waals surface area contributed by atoms with Gasteiger partial charge in [0.25, 0.3) is 5.91 Å². The maximum atomic E-state index is 12.5. The third kappa shape index (κ3) is 3.81. The Morgan fingerprint density at radius 2 is 1.75 bits per heavy atom. The van der Waals surface area contributed by atoms with Crippen LogP contribution in [0.3, 0.4) is 0 Å². The highest BCUT2D eigenvalue weighted by Crippen LogP contribution is 2.18. The molecule has 1 heterocycles. The first-order valence-corrected chi connectivity index (χ1v) is 8.14. The zero-order valence-electron chi connectivity index (χ0n) is 13.3. The number of nitrogens with zero attached hydrogens (tertiary/aromatic N) is 1. The molecule has 0 unspecified atom stereocenters. The number of nitrogens with one attached hydrogen (secondary N) is 1. The Morgan fingerprint density at radius 3 is 2.50 bits per heavy atom. The molecule has 0 fully saturated rings. The van der Waals surface area contributed by atoms with Crippen LogP contribution >= 0.6 is 11.6 Å². The molecule has 0 saturated carbocycles. The Hall–Kier alpha value is -2.65. The molecule has 3 nitrogen and oxygen atoms in total. The van der Waals surface area contributed by atoms with E-state index in [0.717, 1.165) is 11.1 Å². The van der Waals surface area contributed by atoms with Crippen LogP contribution in [0.15, 0.2) is 79.1 Å². The standard InChI is InChI=1S/C20H17ClN2O/c1-15(20(24)22-19-11-5-10-18(21)13-19)23-12-6-9-17(14-23)16-7-3-2-4-8-16/h2-15H,1H3/p+1/t15-/m1/s1. The lowest BCUT2D eigenvalue weighted by molar-refractivity contribution is -0.705. The van der Waals surface area contributed by atoms with Gasteiger partial charge in [0.15, 0.2) is 12.4 Å². The highest BCUT2D eigenvalue weighted by atomic mass is 35.5. The van der Waals surface area contributed by atoms with E-state index in [1.165, 1.54) is 0 Å². The summed E-state index contributed by atoms with van der Waals surface area (Å²) in [5.41, 5.74) is 2.88. The van der Waals surface area contributed by atoms with Gasteiger partial charge in [0, 0.05) is 29.3 Å². The van der Waals surface area contributed by atoms with Gasteiger partial charge in [0.05, 0.1) is 0 Å². The fourth-order valence-corrected chi connectivity index (χ4v) is 2.67. The molecule has 1 amide bonds. The number of hydrogen-bond donors (Lipinski definition) is 1. The van der Waals surface area contributed by atoms with E-state index in [1.807, 2.05) is 66.3 Å². The van der Waals surface area contributed by atoms with Crippen LogP contribution in [-0.2, 0) is 4.79 Å². The summed E-state index contributed by atoms with van der Waals surface area (Å²) in [7, 11) is 0. The molecule has 1 N–H and O–H groups in total. The van der Waals surface area contributed by atoms with Gasteiger partial charge in [-0.1, -0.05) is 48.0 Å². The minimum Gasteiger partial charge on any atom is -0.320 e. The Morgan fingerprint density at radius 1 is 1.00 bits per heavy atom. The SMILES string of the molecule is C[C@H](C(=O)Nc1cccc(Cl)c1)[n+]1cccc(-c2ccccc2)c1. The van der Waals surface area contributed by atoms with Crippen molar-refractivity contribution in [2.24, 2.45) is 0 Å². The van der Waals surface area contributed by atoms with Gasteiger partial charge in [0.2, 0.25) is 6.04 Å². The second-order valence-corrected chi connectivity index (χ2v) is 6.02. The lowest BCUT2D eigenvalue weighted by Crippen LogP contribution is -2.44. The molecule has 0 spiro atoms. The summed E-state index contributed by atoms with van der Waals surface area (Å²) in [5.74, 6) is -0.0903. The van der Waals surface area contributed by atoms with Crippen LogP contribution < -0.4 is 9.88 Å². The van der Waals surface area contributed by atoms with Crippen LogP contribution in [0.2, 0.25) is 5.02 Å². The molecule has 3 rings (SSSR count). The van der Waals surface area contributed by atoms with Crippen molar-refractivity contribution in [3.63, 3.8) is 0 Å². The number of amides is 1. The van der Waals surface area contributed by atoms with Gasteiger partial charge in [-0.25, -0.2) is 0 Å². The van der Waals surface area contributed by atoms with Crippen molar-refractivity contribution in [1.82, 2.24) is 0 Å². The zero-order chi connectivity index (χ0) is 16.9. The average Bonchev–Trinajstić information content (AvgIpc) is 2.62. The minimum absolute atomic E-state index is 0.0903. The van der Waals surface area contributed by atoms with Gasteiger partial charge < -0.3 is 5.32 Å². The largest absolute Gasteiger partial charge is 0.320 e. The molecule has 1 atom stereocenters. The molecule has 4 heteroatoms. The smallest absolute Gasteiger partial charge is 0.293 e. The summed E-state index contributed by atoms with van der Waals surface area (Å²) in [5, 5.41) is 3.49. The van der Waals surface area contributed by atoms with E-state index in [2.05, 4.69) is 17.4 Å². The summed E-state index contributed by atoms with van der Waals surface area (Å²) < 4.78 is 1.90. The fraction of sp³-hybridized carbons (Fsp3) is 0.100.